The zero-order chi connectivity index (χ0) is 15.8. The lowest BCUT2D eigenvalue weighted by Gasteiger charge is -2.16. The van der Waals surface area contributed by atoms with E-state index < -0.39 is 0 Å². The maximum Gasteiger partial charge on any atom is 0.272 e. The summed E-state index contributed by atoms with van der Waals surface area (Å²) in [6, 6.07) is 6.83. The van der Waals surface area contributed by atoms with Crippen molar-refractivity contribution in [3.8, 4) is 0 Å². The second kappa shape index (κ2) is 3.85. The molecular formula is C16H13N3O3. The average molecular weight is 295 g/mol. The highest BCUT2D eigenvalue weighted by Crippen LogP contribution is 2.29. The van der Waals surface area contributed by atoms with Crippen molar-refractivity contribution in [1.29, 1.82) is 0 Å². The Balaban J connectivity index is 2.56. The van der Waals surface area contributed by atoms with E-state index in [9.17, 15) is 14.4 Å². The first-order valence-electron chi connectivity index (χ1n) is 6.87. The van der Waals surface area contributed by atoms with Crippen molar-refractivity contribution in [2.45, 2.75) is 0 Å². The van der Waals surface area contributed by atoms with Gasteiger partial charge in [-0.05, 0) is 24.3 Å². The zero-order valence-corrected chi connectivity index (χ0v) is 12.4. The molecule has 0 spiro atoms. The van der Waals surface area contributed by atoms with Crippen molar-refractivity contribution < 1.29 is 0 Å². The second-order valence-electron chi connectivity index (χ2n) is 5.56. The van der Waals surface area contributed by atoms with Crippen LogP contribution in [0.2, 0.25) is 0 Å². The summed E-state index contributed by atoms with van der Waals surface area (Å²) >= 11 is 0. The number of pyridine rings is 1. The monoisotopic (exact) mass is 295 g/mol. The van der Waals surface area contributed by atoms with Crippen LogP contribution >= 0.6 is 0 Å². The minimum absolute atomic E-state index is 0.155. The van der Waals surface area contributed by atoms with E-state index in [1.165, 1.54) is 11.7 Å². The van der Waals surface area contributed by atoms with Crippen LogP contribution in [0, 0.1) is 0 Å². The summed E-state index contributed by atoms with van der Waals surface area (Å²) in [5.41, 5.74) is -0.0224. The molecule has 0 unspecified atom stereocenters. The molecule has 0 fully saturated rings. The first-order valence-corrected chi connectivity index (χ1v) is 6.87. The maximum atomic E-state index is 12.5. The van der Waals surface area contributed by atoms with Gasteiger partial charge in [0.2, 0.25) is 0 Å². The van der Waals surface area contributed by atoms with Gasteiger partial charge in [-0.1, -0.05) is 0 Å². The lowest BCUT2D eigenvalue weighted by Crippen LogP contribution is -2.31. The predicted octanol–water partition coefficient (Wildman–Crippen LogP) is 0.680. The predicted molar refractivity (Wildman–Crippen MR) is 85.9 cm³/mol. The van der Waals surface area contributed by atoms with E-state index in [-0.39, 0.29) is 16.7 Å². The van der Waals surface area contributed by atoms with Gasteiger partial charge in [0.15, 0.2) is 0 Å². The molecule has 0 saturated heterocycles. The van der Waals surface area contributed by atoms with Crippen LogP contribution in [0.5, 0.6) is 0 Å². The Bertz CT molecular complexity index is 1230. The summed E-state index contributed by atoms with van der Waals surface area (Å²) in [6.07, 6.45) is 0. The Morgan fingerprint density at radius 3 is 1.73 bits per heavy atom. The lowest BCUT2D eigenvalue weighted by molar-refractivity contribution is 0.580. The summed E-state index contributed by atoms with van der Waals surface area (Å²) in [5, 5.41) is 2.69. The van der Waals surface area contributed by atoms with Crippen molar-refractivity contribution in [2.24, 2.45) is 21.1 Å². The van der Waals surface area contributed by atoms with Gasteiger partial charge in [-0.3, -0.25) is 28.3 Å². The smallest absolute Gasteiger partial charge is 0.272 e. The van der Waals surface area contributed by atoms with Crippen LogP contribution in [0.4, 0.5) is 0 Å². The molecule has 110 valence electrons. The first kappa shape index (κ1) is 12.8. The maximum absolute atomic E-state index is 12.5. The van der Waals surface area contributed by atoms with Crippen LogP contribution in [-0.4, -0.2) is 13.9 Å². The minimum atomic E-state index is -0.338. The van der Waals surface area contributed by atoms with Gasteiger partial charge >= 0.3 is 0 Å². The molecule has 0 atom stereocenters. The van der Waals surface area contributed by atoms with Crippen LogP contribution in [0.3, 0.4) is 0 Å². The van der Waals surface area contributed by atoms with Crippen LogP contribution in [-0.2, 0) is 21.1 Å². The van der Waals surface area contributed by atoms with Gasteiger partial charge in [0.1, 0.15) is 0 Å². The molecule has 4 aromatic rings. The first-order chi connectivity index (χ1) is 10.4. The molecule has 0 saturated carbocycles. The van der Waals surface area contributed by atoms with Crippen molar-refractivity contribution in [1.82, 2.24) is 13.9 Å². The summed E-state index contributed by atoms with van der Waals surface area (Å²) in [4.78, 5) is 37.2. The Morgan fingerprint density at radius 2 is 1.14 bits per heavy atom. The van der Waals surface area contributed by atoms with E-state index in [4.69, 9.17) is 0 Å². The van der Waals surface area contributed by atoms with E-state index in [1.807, 2.05) is 6.07 Å². The molecule has 2 aromatic carbocycles. The Labute approximate surface area is 123 Å². The fraction of sp³-hybridized carbons (Fsp3) is 0.188. The van der Waals surface area contributed by atoms with E-state index >= 15 is 0 Å². The third kappa shape index (κ3) is 1.27. The van der Waals surface area contributed by atoms with Crippen LogP contribution < -0.4 is 16.7 Å². The standard InChI is InChI=1S/C16H13N3O3/c1-17-14(20)8-4-5-10-13-11(18(2)19(3)16(10)22)7-6-9(12(8)13)15(17)21/h4-7H,1-3H3. The van der Waals surface area contributed by atoms with Crippen LogP contribution in [0.25, 0.3) is 32.4 Å². The molecule has 0 aliphatic rings. The number of aromatic nitrogens is 3. The molecule has 0 N–H and O–H groups in total. The summed E-state index contributed by atoms with van der Waals surface area (Å²) < 4.78 is 4.35. The number of benzene rings is 2. The average Bonchev–Trinajstić information content (AvgIpc) is 2.53. The summed E-state index contributed by atoms with van der Waals surface area (Å²) in [7, 11) is 4.94. The van der Waals surface area contributed by atoms with Gasteiger partial charge < -0.3 is 0 Å². The molecule has 2 heterocycles. The Hall–Kier alpha value is -2.89. The SMILES string of the molecule is Cn1c(=O)c2ccc3c(=O)n(C)n(C)c4ccc(c1=O)c2c34. The van der Waals surface area contributed by atoms with Crippen molar-refractivity contribution in [3.63, 3.8) is 0 Å². The molecule has 22 heavy (non-hydrogen) atoms. The quantitative estimate of drug-likeness (QED) is 0.448. The summed E-state index contributed by atoms with van der Waals surface area (Å²) in [5.74, 6) is 0. The number of nitrogens with zero attached hydrogens (tertiary/aromatic N) is 3. The number of rotatable bonds is 0. The van der Waals surface area contributed by atoms with Crippen molar-refractivity contribution >= 4 is 32.4 Å². The highest BCUT2D eigenvalue weighted by Gasteiger charge is 2.18. The van der Waals surface area contributed by atoms with Gasteiger partial charge in [-0.2, -0.15) is 0 Å². The van der Waals surface area contributed by atoms with Gasteiger partial charge in [0.05, 0.1) is 10.9 Å². The highest BCUT2D eigenvalue weighted by atomic mass is 16.2. The third-order valence-electron chi connectivity index (χ3n) is 4.53. The van der Waals surface area contributed by atoms with Crippen LogP contribution in [0.15, 0.2) is 38.6 Å². The van der Waals surface area contributed by atoms with Gasteiger partial charge in [-0.25, -0.2) is 0 Å². The second-order valence-corrected chi connectivity index (χ2v) is 5.56. The zero-order valence-electron chi connectivity index (χ0n) is 12.4. The Morgan fingerprint density at radius 1 is 0.636 bits per heavy atom. The van der Waals surface area contributed by atoms with E-state index in [0.29, 0.717) is 26.9 Å². The van der Waals surface area contributed by atoms with E-state index in [1.54, 1.807) is 37.0 Å². The number of hydrogen-bond acceptors (Lipinski definition) is 3. The molecule has 6 nitrogen and oxygen atoms in total. The van der Waals surface area contributed by atoms with Crippen molar-refractivity contribution in [3.05, 3.63) is 55.3 Å². The molecule has 2 aromatic heterocycles. The lowest BCUT2D eigenvalue weighted by atomic mass is 9.99. The highest BCUT2D eigenvalue weighted by molar-refractivity contribution is 6.21. The van der Waals surface area contributed by atoms with E-state index in [2.05, 4.69) is 0 Å². The summed E-state index contributed by atoms with van der Waals surface area (Å²) in [6.45, 7) is 0. The molecule has 4 rings (SSSR count). The molecule has 0 aliphatic carbocycles. The van der Waals surface area contributed by atoms with Crippen LogP contribution in [0.1, 0.15) is 0 Å². The normalized spacial score (nSPS) is 12.0. The van der Waals surface area contributed by atoms with E-state index in [0.717, 1.165) is 10.1 Å². The molecule has 0 radical (unpaired) electrons. The van der Waals surface area contributed by atoms with Crippen molar-refractivity contribution in [2.75, 3.05) is 0 Å². The molecule has 0 amide bonds. The third-order valence-corrected chi connectivity index (χ3v) is 4.53. The molecule has 0 bridgehead atoms. The molecular weight excluding hydrogens is 282 g/mol. The molecule has 0 aliphatic heterocycles. The van der Waals surface area contributed by atoms with Gasteiger partial charge in [-0.15, -0.1) is 0 Å². The fourth-order valence-electron chi connectivity index (χ4n) is 3.21. The fourth-order valence-corrected chi connectivity index (χ4v) is 3.21. The topological polar surface area (TPSA) is 66.0 Å². The van der Waals surface area contributed by atoms with Gasteiger partial charge in [0, 0.05) is 42.7 Å². The number of aryl methyl sites for hydroxylation is 1. The minimum Gasteiger partial charge on any atom is -0.285 e. The number of hydrogen-bond donors (Lipinski definition) is 0. The largest absolute Gasteiger partial charge is 0.285 e. The van der Waals surface area contributed by atoms with Gasteiger partial charge in [0.25, 0.3) is 16.7 Å². The Kier molecular flexibility index (Phi) is 2.24. The molecule has 6 heteroatoms.